The van der Waals surface area contributed by atoms with Crippen LogP contribution in [0, 0.1) is 17.0 Å². The van der Waals surface area contributed by atoms with Crippen molar-refractivity contribution in [1.29, 1.82) is 0 Å². The summed E-state index contributed by atoms with van der Waals surface area (Å²) in [5.74, 6) is 0.391. The Morgan fingerprint density at radius 3 is 2.80 bits per heavy atom. The van der Waals surface area contributed by atoms with Crippen molar-refractivity contribution in [2.24, 2.45) is 5.10 Å². The number of halogens is 2. The van der Waals surface area contributed by atoms with Crippen LogP contribution in [0.2, 0.25) is 5.02 Å². The first-order chi connectivity index (χ1) is 14.2. The molecular formula is C20H18BrClN4O4. The molecule has 0 aliphatic carbocycles. The van der Waals surface area contributed by atoms with E-state index in [1.54, 1.807) is 32.0 Å². The maximum Gasteiger partial charge on any atom is 0.313 e. The van der Waals surface area contributed by atoms with Crippen LogP contribution in [0.4, 0.5) is 5.69 Å². The minimum atomic E-state index is -0.562. The minimum absolute atomic E-state index is 0.0127. The Labute approximate surface area is 185 Å². The number of hydrogen-bond donors (Lipinski definition) is 0. The van der Waals surface area contributed by atoms with Crippen molar-refractivity contribution < 1.29 is 9.66 Å². The number of aryl methyl sites for hydroxylation is 1. The summed E-state index contributed by atoms with van der Waals surface area (Å²) in [5, 5.41) is 16.2. The minimum Gasteiger partial charge on any atom is -0.483 e. The van der Waals surface area contributed by atoms with Crippen LogP contribution in [-0.2, 0) is 0 Å². The van der Waals surface area contributed by atoms with Gasteiger partial charge in [0.25, 0.3) is 5.56 Å². The van der Waals surface area contributed by atoms with Gasteiger partial charge < -0.3 is 4.74 Å². The number of fused-ring (bicyclic) bond motifs is 1. The van der Waals surface area contributed by atoms with E-state index < -0.39 is 4.92 Å². The summed E-state index contributed by atoms with van der Waals surface area (Å²) in [6.45, 7) is 5.36. The van der Waals surface area contributed by atoms with Crippen LogP contribution < -0.4 is 10.3 Å². The standard InChI is InChI=1S/C20H18BrClN4O4/c1-4-11(2)30-19-16(22)7-13(8-18(19)26(28)29)10-23-25-12(3)24-17-6-5-14(21)9-15(17)20(25)27/h5-11H,4H2,1-3H3/t11-/m0/s1. The van der Waals surface area contributed by atoms with Crippen molar-refractivity contribution in [3.8, 4) is 5.75 Å². The van der Waals surface area contributed by atoms with Gasteiger partial charge in [-0.2, -0.15) is 9.78 Å². The van der Waals surface area contributed by atoms with Crippen molar-refractivity contribution in [3.63, 3.8) is 0 Å². The average Bonchev–Trinajstić information content (AvgIpc) is 2.69. The zero-order valence-electron chi connectivity index (χ0n) is 16.4. The third kappa shape index (κ3) is 4.52. The summed E-state index contributed by atoms with van der Waals surface area (Å²) < 4.78 is 7.49. The monoisotopic (exact) mass is 492 g/mol. The van der Waals surface area contributed by atoms with Gasteiger partial charge in [0.05, 0.1) is 33.2 Å². The van der Waals surface area contributed by atoms with E-state index in [0.29, 0.717) is 28.7 Å². The van der Waals surface area contributed by atoms with Gasteiger partial charge in [0.1, 0.15) is 5.82 Å². The molecule has 1 atom stereocenters. The molecule has 0 aliphatic heterocycles. The number of nitro benzene ring substituents is 1. The fourth-order valence-corrected chi connectivity index (χ4v) is 3.36. The number of ether oxygens (including phenoxy) is 1. The second-order valence-electron chi connectivity index (χ2n) is 6.63. The third-order valence-corrected chi connectivity index (χ3v) is 5.20. The fraction of sp³-hybridized carbons (Fsp3) is 0.250. The normalized spacial score (nSPS) is 12.4. The van der Waals surface area contributed by atoms with E-state index in [1.165, 1.54) is 18.3 Å². The van der Waals surface area contributed by atoms with Crippen LogP contribution in [0.1, 0.15) is 31.7 Å². The molecule has 10 heteroatoms. The molecule has 0 fully saturated rings. The zero-order chi connectivity index (χ0) is 22.0. The Balaban J connectivity index is 2.06. The lowest BCUT2D eigenvalue weighted by Crippen LogP contribution is -2.20. The summed E-state index contributed by atoms with van der Waals surface area (Å²) in [6.07, 6.45) is 1.76. The van der Waals surface area contributed by atoms with E-state index in [4.69, 9.17) is 16.3 Å². The summed E-state index contributed by atoms with van der Waals surface area (Å²) in [4.78, 5) is 28.1. The SMILES string of the molecule is CC[C@H](C)Oc1c(Cl)cc(C=Nn2c(C)nc3ccc(Br)cc3c2=O)cc1[N+](=O)[O-]. The first-order valence-corrected chi connectivity index (χ1v) is 10.3. The Hall–Kier alpha value is -2.78. The quantitative estimate of drug-likeness (QED) is 0.270. The molecule has 0 radical (unpaired) electrons. The molecule has 1 aromatic heterocycles. The van der Waals surface area contributed by atoms with Crippen LogP contribution in [0.25, 0.3) is 10.9 Å². The lowest BCUT2D eigenvalue weighted by molar-refractivity contribution is -0.386. The Morgan fingerprint density at radius 1 is 1.40 bits per heavy atom. The number of nitrogens with zero attached hydrogens (tertiary/aromatic N) is 4. The number of benzene rings is 2. The average molecular weight is 494 g/mol. The number of hydrogen-bond acceptors (Lipinski definition) is 6. The number of aromatic nitrogens is 2. The lowest BCUT2D eigenvalue weighted by atomic mass is 10.2. The highest BCUT2D eigenvalue weighted by Gasteiger charge is 2.22. The van der Waals surface area contributed by atoms with Gasteiger partial charge in [0.15, 0.2) is 0 Å². The molecule has 0 N–H and O–H groups in total. The highest BCUT2D eigenvalue weighted by atomic mass is 79.9. The molecule has 0 aliphatic rings. The molecule has 0 spiro atoms. The molecule has 0 unspecified atom stereocenters. The third-order valence-electron chi connectivity index (χ3n) is 4.43. The van der Waals surface area contributed by atoms with Crippen LogP contribution in [-0.4, -0.2) is 26.9 Å². The van der Waals surface area contributed by atoms with E-state index in [-0.39, 0.29) is 28.1 Å². The van der Waals surface area contributed by atoms with Crippen molar-refractivity contribution >= 4 is 50.3 Å². The predicted octanol–water partition coefficient (Wildman–Crippen LogP) is 5.09. The van der Waals surface area contributed by atoms with E-state index in [2.05, 4.69) is 26.0 Å². The largest absolute Gasteiger partial charge is 0.483 e. The van der Waals surface area contributed by atoms with Gasteiger partial charge in [-0.05, 0) is 44.5 Å². The maximum atomic E-state index is 12.8. The zero-order valence-corrected chi connectivity index (χ0v) is 18.8. The van der Waals surface area contributed by atoms with Gasteiger partial charge in [0.2, 0.25) is 5.75 Å². The first kappa shape index (κ1) is 21.9. The summed E-state index contributed by atoms with van der Waals surface area (Å²) in [6, 6.07) is 8.01. The van der Waals surface area contributed by atoms with Crippen molar-refractivity contribution in [1.82, 2.24) is 9.66 Å². The summed E-state index contributed by atoms with van der Waals surface area (Å²) >= 11 is 9.58. The molecule has 3 aromatic rings. The predicted molar refractivity (Wildman–Crippen MR) is 120 cm³/mol. The summed E-state index contributed by atoms with van der Waals surface area (Å²) in [5.41, 5.74) is 0.280. The molecule has 1 heterocycles. The van der Waals surface area contributed by atoms with Crippen molar-refractivity contribution in [2.75, 3.05) is 0 Å². The van der Waals surface area contributed by atoms with Crippen molar-refractivity contribution in [2.45, 2.75) is 33.3 Å². The summed E-state index contributed by atoms with van der Waals surface area (Å²) in [7, 11) is 0. The molecule has 8 nitrogen and oxygen atoms in total. The second-order valence-corrected chi connectivity index (χ2v) is 7.95. The van der Waals surface area contributed by atoms with Gasteiger partial charge in [-0.3, -0.25) is 14.9 Å². The highest BCUT2D eigenvalue weighted by molar-refractivity contribution is 9.10. The first-order valence-electron chi connectivity index (χ1n) is 9.09. The van der Waals surface area contributed by atoms with Crippen LogP contribution in [0.15, 0.2) is 44.7 Å². The fourth-order valence-electron chi connectivity index (χ4n) is 2.73. The van der Waals surface area contributed by atoms with Gasteiger partial charge >= 0.3 is 5.69 Å². The van der Waals surface area contributed by atoms with E-state index in [0.717, 1.165) is 9.15 Å². The molecule has 2 aromatic carbocycles. The molecular weight excluding hydrogens is 476 g/mol. The van der Waals surface area contributed by atoms with Crippen LogP contribution in [0.3, 0.4) is 0 Å². The second kappa shape index (κ2) is 8.93. The molecule has 3 rings (SSSR count). The van der Waals surface area contributed by atoms with E-state index >= 15 is 0 Å². The van der Waals surface area contributed by atoms with Gasteiger partial charge in [-0.25, -0.2) is 4.98 Å². The number of rotatable bonds is 6. The Kier molecular flexibility index (Phi) is 6.52. The number of nitro groups is 1. The van der Waals surface area contributed by atoms with Gasteiger partial charge in [0, 0.05) is 16.1 Å². The van der Waals surface area contributed by atoms with Gasteiger partial charge in [-0.15, -0.1) is 0 Å². The highest BCUT2D eigenvalue weighted by Crippen LogP contribution is 2.36. The molecule has 0 amide bonds. The maximum absolute atomic E-state index is 12.8. The van der Waals surface area contributed by atoms with Gasteiger partial charge in [-0.1, -0.05) is 34.5 Å². The smallest absolute Gasteiger partial charge is 0.313 e. The van der Waals surface area contributed by atoms with Crippen LogP contribution >= 0.6 is 27.5 Å². The van der Waals surface area contributed by atoms with Crippen molar-refractivity contribution in [3.05, 3.63) is 71.7 Å². The van der Waals surface area contributed by atoms with E-state index in [1.807, 2.05) is 6.92 Å². The van der Waals surface area contributed by atoms with Crippen LogP contribution in [0.5, 0.6) is 5.75 Å². The molecule has 156 valence electrons. The Bertz CT molecular complexity index is 1230. The Morgan fingerprint density at radius 2 is 2.13 bits per heavy atom. The lowest BCUT2D eigenvalue weighted by Gasteiger charge is -2.14. The molecule has 0 saturated carbocycles. The molecule has 0 bridgehead atoms. The molecule has 30 heavy (non-hydrogen) atoms. The topological polar surface area (TPSA) is 99.6 Å². The molecule has 0 saturated heterocycles. The van der Waals surface area contributed by atoms with E-state index in [9.17, 15) is 14.9 Å².